The zero-order valence-electron chi connectivity index (χ0n) is 12.4. The van der Waals surface area contributed by atoms with E-state index in [1.807, 2.05) is 13.8 Å². The second-order valence-electron chi connectivity index (χ2n) is 5.17. The first-order valence-electron chi connectivity index (χ1n) is 6.93. The van der Waals surface area contributed by atoms with Gasteiger partial charge in [-0.05, 0) is 62.4 Å². The van der Waals surface area contributed by atoms with Crippen LogP contribution in [0.4, 0.5) is 5.69 Å². The molecule has 0 bridgehead atoms. The van der Waals surface area contributed by atoms with Crippen LogP contribution in [0.1, 0.15) is 34.6 Å². The topological polar surface area (TPSA) is 58.2 Å². The Bertz CT molecular complexity index is 664. The van der Waals surface area contributed by atoms with E-state index in [1.54, 1.807) is 48.5 Å². The standard InChI is InChI=1S/C17H17ClN2O2/c1-11(2)19-16(21)12-3-5-13(6-4-12)17(22)20-15-9-7-14(18)8-10-15/h3-11H,1-2H3,(H,19,21)(H,20,22). The van der Waals surface area contributed by atoms with Crippen LogP contribution in [0.2, 0.25) is 5.02 Å². The molecular weight excluding hydrogens is 300 g/mol. The molecule has 0 heterocycles. The van der Waals surface area contributed by atoms with E-state index in [2.05, 4.69) is 10.6 Å². The summed E-state index contributed by atoms with van der Waals surface area (Å²) in [6, 6.07) is 13.5. The highest BCUT2D eigenvalue weighted by atomic mass is 35.5. The molecule has 0 saturated heterocycles. The van der Waals surface area contributed by atoms with E-state index < -0.39 is 0 Å². The number of halogens is 1. The fourth-order valence-corrected chi connectivity index (χ4v) is 1.98. The van der Waals surface area contributed by atoms with Crippen molar-refractivity contribution in [1.82, 2.24) is 5.32 Å². The lowest BCUT2D eigenvalue weighted by molar-refractivity contribution is 0.0941. The van der Waals surface area contributed by atoms with Crippen molar-refractivity contribution in [3.05, 3.63) is 64.7 Å². The minimum atomic E-state index is -0.238. The van der Waals surface area contributed by atoms with Gasteiger partial charge < -0.3 is 10.6 Å². The number of benzene rings is 2. The van der Waals surface area contributed by atoms with Gasteiger partial charge in [0.2, 0.25) is 0 Å². The Hall–Kier alpha value is -2.33. The SMILES string of the molecule is CC(C)NC(=O)c1ccc(C(=O)Nc2ccc(Cl)cc2)cc1. The summed E-state index contributed by atoms with van der Waals surface area (Å²) in [5.41, 5.74) is 1.67. The summed E-state index contributed by atoms with van der Waals surface area (Å²) in [5.74, 6) is -0.391. The van der Waals surface area contributed by atoms with Crippen LogP contribution in [-0.4, -0.2) is 17.9 Å². The van der Waals surface area contributed by atoms with Gasteiger partial charge in [-0.25, -0.2) is 0 Å². The summed E-state index contributed by atoms with van der Waals surface area (Å²) in [5, 5.41) is 6.18. The molecule has 0 spiro atoms. The third-order valence-corrected chi connectivity index (χ3v) is 3.18. The lowest BCUT2D eigenvalue weighted by Crippen LogP contribution is -2.30. The molecule has 22 heavy (non-hydrogen) atoms. The van der Waals surface area contributed by atoms with Gasteiger partial charge in [-0.2, -0.15) is 0 Å². The molecule has 0 aliphatic carbocycles. The normalized spacial score (nSPS) is 10.4. The van der Waals surface area contributed by atoms with Gasteiger partial charge in [0.1, 0.15) is 0 Å². The number of nitrogens with one attached hydrogen (secondary N) is 2. The second kappa shape index (κ2) is 7.09. The van der Waals surface area contributed by atoms with E-state index in [1.165, 1.54) is 0 Å². The molecule has 0 atom stereocenters. The van der Waals surface area contributed by atoms with Crippen molar-refractivity contribution >= 4 is 29.1 Å². The predicted molar refractivity (Wildman–Crippen MR) is 88.4 cm³/mol. The second-order valence-corrected chi connectivity index (χ2v) is 5.60. The maximum Gasteiger partial charge on any atom is 0.255 e. The summed E-state index contributed by atoms with van der Waals surface area (Å²) in [6.07, 6.45) is 0. The number of anilines is 1. The molecule has 2 aromatic rings. The number of hydrogen-bond donors (Lipinski definition) is 2. The minimum Gasteiger partial charge on any atom is -0.350 e. The molecule has 4 nitrogen and oxygen atoms in total. The average Bonchev–Trinajstić information content (AvgIpc) is 2.49. The fourth-order valence-electron chi connectivity index (χ4n) is 1.85. The average molecular weight is 317 g/mol. The third kappa shape index (κ3) is 4.33. The molecule has 0 aliphatic heterocycles. The fraction of sp³-hybridized carbons (Fsp3) is 0.176. The highest BCUT2D eigenvalue weighted by Gasteiger charge is 2.10. The smallest absolute Gasteiger partial charge is 0.255 e. The van der Waals surface area contributed by atoms with E-state index in [9.17, 15) is 9.59 Å². The maximum absolute atomic E-state index is 12.1. The Balaban J connectivity index is 2.05. The van der Waals surface area contributed by atoms with E-state index in [0.717, 1.165) is 0 Å². The van der Waals surface area contributed by atoms with Crippen molar-refractivity contribution in [1.29, 1.82) is 0 Å². The maximum atomic E-state index is 12.1. The summed E-state index contributed by atoms with van der Waals surface area (Å²) in [4.78, 5) is 23.9. The van der Waals surface area contributed by atoms with Gasteiger partial charge in [0.05, 0.1) is 0 Å². The molecular formula is C17H17ClN2O2. The molecule has 2 amide bonds. The van der Waals surface area contributed by atoms with Crippen LogP contribution in [0.5, 0.6) is 0 Å². The molecule has 2 rings (SSSR count). The van der Waals surface area contributed by atoms with Crippen LogP contribution in [0.3, 0.4) is 0 Å². The Morgan fingerprint density at radius 1 is 0.864 bits per heavy atom. The molecule has 0 aromatic heterocycles. The lowest BCUT2D eigenvalue weighted by atomic mass is 10.1. The van der Waals surface area contributed by atoms with Crippen LogP contribution < -0.4 is 10.6 Å². The Labute approximate surface area is 134 Å². The quantitative estimate of drug-likeness (QED) is 0.903. The van der Waals surface area contributed by atoms with Crippen LogP contribution in [0.25, 0.3) is 0 Å². The van der Waals surface area contributed by atoms with E-state index in [-0.39, 0.29) is 17.9 Å². The van der Waals surface area contributed by atoms with E-state index >= 15 is 0 Å². The van der Waals surface area contributed by atoms with E-state index in [4.69, 9.17) is 11.6 Å². The Morgan fingerprint density at radius 2 is 1.36 bits per heavy atom. The van der Waals surface area contributed by atoms with Gasteiger partial charge in [-0.15, -0.1) is 0 Å². The molecule has 0 saturated carbocycles. The van der Waals surface area contributed by atoms with Gasteiger partial charge in [-0.1, -0.05) is 11.6 Å². The van der Waals surface area contributed by atoms with Gasteiger partial charge in [0.25, 0.3) is 11.8 Å². The minimum absolute atomic E-state index is 0.0698. The Morgan fingerprint density at radius 3 is 1.86 bits per heavy atom. The van der Waals surface area contributed by atoms with Crippen LogP contribution >= 0.6 is 11.6 Å². The van der Waals surface area contributed by atoms with Crippen molar-refractivity contribution in [3.63, 3.8) is 0 Å². The predicted octanol–water partition coefficient (Wildman–Crippen LogP) is 3.73. The Kier molecular flexibility index (Phi) is 5.17. The first kappa shape index (κ1) is 16.0. The molecule has 0 unspecified atom stereocenters. The largest absolute Gasteiger partial charge is 0.350 e. The van der Waals surface area contributed by atoms with Crippen molar-refractivity contribution in [2.45, 2.75) is 19.9 Å². The zero-order valence-corrected chi connectivity index (χ0v) is 13.1. The van der Waals surface area contributed by atoms with Crippen molar-refractivity contribution in [3.8, 4) is 0 Å². The highest BCUT2D eigenvalue weighted by Crippen LogP contribution is 2.14. The molecule has 0 fully saturated rings. The summed E-state index contributed by atoms with van der Waals surface area (Å²) in [6.45, 7) is 3.79. The summed E-state index contributed by atoms with van der Waals surface area (Å²) < 4.78 is 0. The van der Waals surface area contributed by atoms with Crippen molar-refractivity contribution < 1.29 is 9.59 Å². The van der Waals surface area contributed by atoms with Gasteiger partial charge in [-0.3, -0.25) is 9.59 Å². The lowest BCUT2D eigenvalue weighted by Gasteiger charge is -2.09. The van der Waals surface area contributed by atoms with Crippen molar-refractivity contribution in [2.75, 3.05) is 5.32 Å². The number of carbonyl (C=O) groups is 2. The number of hydrogen-bond acceptors (Lipinski definition) is 2. The molecule has 114 valence electrons. The molecule has 0 radical (unpaired) electrons. The number of amides is 2. The number of carbonyl (C=O) groups excluding carboxylic acids is 2. The highest BCUT2D eigenvalue weighted by molar-refractivity contribution is 6.30. The van der Waals surface area contributed by atoms with Gasteiger partial charge in [0.15, 0.2) is 0 Å². The van der Waals surface area contributed by atoms with Crippen LogP contribution in [0, 0.1) is 0 Å². The van der Waals surface area contributed by atoms with Gasteiger partial charge >= 0.3 is 0 Å². The van der Waals surface area contributed by atoms with Gasteiger partial charge in [0, 0.05) is 27.9 Å². The van der Waals surface area contributed by atoms with Crippen molar-refractivity contribution in [2.24, 2.45) is 0 Å². The van der Waals surface area contributed by atoms with Crippen LogP contribution in [0.15, 0.2) is 48.5 Å². The first-order valence-corrected chi connectivity index (χ1v) is 7.31. The van der Waals surface area contributed by atoms with E-state index in [0.29, 0.717) is 21.8 Å². The molecule has 2 aromatic carbocycles. The molecule has 0 aliphatic rings. The molecule has 2 N–H and O–H groups in total. The molecule has 5 heteroatoms. The van der Waals surface area contributed by atoms with Crippen LogP contribution in [-0.2, 0) is 0 Å². The summed E-state index contributed by atoms with van der Waals surface area (Å²) >= 11 is 5.80. The number of rotatable bonds is 4. The summed E-state index contributed by atoms with van der Waals surface area (Å²) in [7, 11) is 0. The zero-order chi connectivity index (χ0) is 16.1. The first-order chi connectivity index (χ1) is 10.5. The third-order valence-electron chi connectivity index (χ3n) is 2.93. The monoisotopic (exact) mass is 316 g/mol.